The Morgan fingerprint density at radius 2 is 1.92 bits per heavy atom. The Labute approximate surface area is 146 Å². The second-order valence-electron chi connectivity index (χ2n) is 6.72. The van der Waals surface area contributed by atoms with Gasteiger partial charge in [0.1, 0.15) is 11.4 Å². The molecule has 8 nitrogen and oxygen atoms in total. The first-order chi connectivity index (χ1) is 11.8. The van der Waals surface area contributed by atoms with Crippen LogP contribution in [0.5, 0.6) is 5.75 Å². The number of nitrogens with zero attached hydrogens (tertiary/aromatic N) is 4. The van der Waals surface area contributed by atoms with Crippen molar-refractivity contribution < 1.29 is 9.90 Å². The first-order valence-corrected chi connectivity index (χ1v) is 8.38. The lowest BCUT2D eigenvalue weighted by atomic mass is 9.87. The maximum Gasteiger partial charge on any atom is 0.257 e. The summed E-state index contributed by atoms with van der Waals surface area (Å²) < 4.78 is 0. The van der Waals surface area contributed by atoms with Crippen molar-refractivity contribution in [1.82, 2.24) is 4.90 Å². The number of nitrogens with two attached hydrogens (primary N) is 2. The lowest BCUT2D eigenvalue weighted by Crippen LogP contribution is -2.58. The minimum absolute atomic E-state index is 0.0734. The molecule has 0 radical (unpaired) electrons. The zero-order valence-corrected chi connectivity index (χ0v) is 14.6. The van der Waals surface area contributed by atoms with Crippen molar-refractivity contribution in [1.29, 1.82) is 0 Å². The van der Waals surface area contributed by atoms with Crippen LogP contribution in [0.2, 0.25) is 0 Å². The summed E-state index contributed by atoms with van der Waals surface area (Å²) in [6, 6.07) is 4.85. The molecule has 1 heterocycles. The molecule has 8 heteroatoms. The fourth-order valence-corrected chi connectivity index (χ4v) is 3.57. The number of rotatable bonds is 2. The normalized spacial score (nSPS) is 19.4. The van der Waals surface area contributed by atoms with Crippen LogP contribution in [-0.4, -0.2) is 47.6 Å². The number of phenolic OH excluding ortho intramolecular Hbond substituents is 1. The molecule has 0 bridgehead atoms. The Morgan fingerprint density at radius 1 is 1.24 bits per heavy atom. The topological polar surface area (TPSA) is 121 Å². The second kappa shape index (κ2) is 6.27. The minimum atomic E-state index is -0.580. The summed E-state index contributed by atoms with van der Waals surface area (Å²) in [6.07, 6.45) is 4.79. The fraction of sp³-hybridized carbons (Fsp3) is 0.471. The number of hydrogen-bond donors (Lipinski definition) is 3. The Kier molecular flexibility index (Phi) is 4.28. The predicted molar refractivity (Wildman–Crippen MR) is 97.7 cm³/mol. The van der Waals surface area contributed by atoms with E-state index >= 15 is 0 Å². The first kappa shape index (κ1) is 17.1. The van der Waals surface area contributed by atoms with Gasteiger partial charge in [0.05, 0.1) is 5.56 Å². The molecule has 1 fully saturated rings. The van der Waals surface area contributed by atoms with Crippen LogP contribution in [0, 0.1) is 0 Å². The summed E-state index contributed by atoms with van der Waals surface area (Å²) in [4.78, 5) is 24.3. The SMILES string of the molecule is CN(C)C(=O)c1cc(N2C(N)=NC(N)=NC23CCCCC3)ccc1O. The van der Waals surface area contributed by atoms with Crippen molar-refractivity contribution >= 4 is 23.5 Å². The molecule has 1 spiro atoms. The van der Waals surface area contributed by atoms with Gasteiger partial charge in [0, 0.05) is 19.8 Å². The summed E-state index contributed by atoms with van der Waals surface area (Å²) in [5, 5.41) is 10.1. The van der Waals surface area contributed by atoms with Crippen LogP contribution < -0.4 is 16.4 Å². The largest absolute Gasteiger partial charge is 0.507 e. The Bertz CT molecular complexity index is 750. The molecule has 134 valence electrons. The number of amides is 1. The molecule has 1 aromatic carbocycles. The van der Waals surface area contributed by atoms with E-state index < -0.39 is 5.66 Å². The maximum atomic E-state index is 12.3. The van der Waals surface area contributed by atoms with Gasteiger partial charge in [-0.25, -0.2) is 4.99 Å². The van der Waals surface area contributed by atoms with E-state index in [-0.39, 0.29) is 29.1 Å². The van der Waals surface area contributed by atoms with E-state index in [1.807, 2.05) is 4.90 Å². The number of phenols is 1. The maximum absolute atomic E-state index is 12.3. The molecule has 1 saturated carbocycles. The van der Waals surface area contributed by atoms with Crippen molar-refractivity contribution in [2.75, 3.05) is 19.0 Å². The van der Waals surface area contributed by atoms with E-state index in [9.17, 15) is 9.90 Å². The zero-order chi connectivity index (χ0) is 18.2. The Hall–Kier alpha value is -2.77. The highest BCUT2D eigenvalue weighted by Gasteiger charge is 2.42. The standard InChI is InChI=1S/C17H24N6O2/c1-22(2)14(25)12-10-11(6-7-13(12)24)23-16(19)20-15(18)21-17(23)8-4-3-5-9-17/h6-7,10,24H,3-5,8-9H2,1-2H3,(H4,18,19,20,21). The Balaban J connectivity index is 2.08. The average molecular weight is 344 g/mol. The highest BCUT2D eigenvalue weighted by Crippen LogP contribution is 2.40. The molecule has 1 aromatic rings. The lowest BCUT2D eigenvalue weighted by molar-refractivity contribution is 0.0824. The summed E-state index contributed by atoms with van der Waals surface area (Å²) in [6.45, 7) is 0. The fourth-order valence-electron chi connectivity index (χ4n) is 3.57. The number of aromatic hydroxyl groups is 1. The third-order valence-corrected chi connectivity index (χ3v) is 4.73. The molecule has 0 saturated heterocycles. The van der Waals surface area contributed by atoms with Gasteiger partial charge in [-0.15, -0.1) is 0 Å². The van der Waals surface area contributed by atoms with Crippen molar-refractivity contribution in [2.24, 2.45) is 21.5 Å². The number of hydrogen-bond acceptors (Lipinski definition) is 7. The van der Waals surface area contributed by atoms with Crippen LogP contribution in [0.1, 0.15) is 42.5 Å². The molecule has 0 aromatic heterocycles. The van der Waals surface area contributed by atoms with Gasteiger partial charge < -0.3 is 21.5 Å². The molecular weight excluding hydrogens is 320 g/mol. The van der Waals surface area contributed by atoms with E-state index in [1.54, 1.807) is 26.2 Å². The summed E-state index contributed by atoms with van der Waals surface area (Å²) in [7, 11) is 3.28. The molecule has 0 atom stereocenters. The van der Waals surface area contributed by atoms with E-state index in [1.165, 1.54) is 11.0 Å². The monoisotopic (exact) mass is 344 g/mol. The van der Waals surface area contributed by atoms with Gasteiger partial charge >= 0.3 is 0 Å². The van der Waals surface area contributed by atoms with E-state index in [2.05, 4.69) is 9.98 Å². The van der Waals surface area contributed by atoms with Crippen LogP contribution in [0.15, 0.2) is 28.2 Å². The summed E-state index contributed by atoms with van der Waals surface area (Å²) in [5.41, 5.74) is 12.4. The quantitative estimate of drug-likeness (QED) is 0.744. The van der Waals surface area contributed by atoms with Gasteiger partial charge in [0.25, 0.3) is 5.91 Å². The van der Waals surface area contributed by atoms with Crippen molar-refractivity contribution in [3.05, 3.63) is 23.8 Å². The van der Waals surface area contributed by atoms with E-state index in [0.717, 1.165) is 32.1 Å². The molecule has 1 aliphatic carbocycles. The van der Waals surface area contributed by atoms with Gasteiger partial charge in [0.15, 0.2) is 0 Å². The third-order valence-electron chi connectivity index (χ3n) is 4.73. The molecular formula is C17H24N6O2. The Morgan fingerprint density at radius 3 is 2.56 bits per heavy atom. The number of benzene rings is 1. The summed E-state index contributed by atoms with van der Waals surface area (Å²) in [5.74, 6) is 0.0746. The van der Waals surface area contributed by atoms with E-state index in [4.69, 9.17) is 11.5 Å². The van der Waals surface area contributed by atoms with Gasteiger partial charge in [-0.05, 0) is 43.9 Å². The first-order valence-electron chi connectivity index (χ1n) is 8.38. The molecule has 5 N–H and O–H groups in total. The number of carbonyl (C=O) groups is 1. The molecule has 3 rings (SSSR count). The highest BCUT2D eigenvalue weighted by atomic mass is 16.3. The van der Waals surface area contributed by atoms with Crippen LogP contribution in [0.25, 0.3) is 0 Å². The molecule has 1 amide bonds. The van der Waals surface area contributed by atoms with Crippen LogP contribution in [0.3, 0.4) is 0 Å². The highest BCUT2D eigenvalue weighted by molar-refractivity contribution is 6.06. The van der Waals surface area contributed by atoms with Crippen LogP contribution >= 0.6 is 0 Å². The minimum Gasteiger partial charge on any atom is -0.507 e. The van der Waals surface area contributed by atoms with Crippen molar-refractivity contribution in [3.8, 4) is 5.75 Å². The van der Waals surface area contributed by atoms with Gasteiger partial charge in [0.2, 0.25) is 11.9 Å². The number of guanidine groups is 2. The summed E-state index contributed by atoms with van der Waals surface area (Å²) >= 11 is 0. The molecule has 1 aliphatic heterocycles. The van der Waals surface area contributed by atoms with Gasteiger partial charge in [-0.3, -0.25) is 9.69 Å². The van der Waals surface area contributed by atoms with Gasteiger partial charge in [-0.1, -0.05) is 6.42 Å². The zero-order valence-electron chi connectivity index (χ0n) is 14.6. The van der Waals surface area contributed by atoms with Crippen LogP contribution in [-0.2, 0) is 0 Å². The lowest BCUT2D eigenvalue weighted by Gasteiger charge is -2.45. The van der Waals surface area contributed by atoms with Crippen molar-refractivity contribution in [2.45, 2.75) is 37.8 Å². The number of anilines is 1. The smallest absolute Gasteiger partial charge is 0.257 e. The molecule has 0 unspecified atom stereocenters. The van der Waals surface area contributed by atoms with E-state index in [0.29, 0.717) is 5.69 Å². The van der Waals surface area contributed by atoms with Gasteiger partial charge in [-0.2, -0.15) is 4.99 Å². The number of carbonyl (C=O) groups excluding carboxylic acids is 1. The van der Waals surface area contributed by atoms with Crippen LogP contribution in [0.4, 0.5) is 5.69 Å². The molecule has 25 heavy (non-hydrogen) atoms. The molecule has 2 aliphatic rings. The average Bonchev–Trinajstić information content (AvgIpc) is 2.55. The number of aliphatic imine (C=N–C) groups is 2. The second-order valence-corrected chi connectivity index (χ2v) is 6.72. The predicted octanol–water partition coefficient (Wildman–Crippen LogP) is 1.20. The third kappa shape index (κ3) is 2.99. The van der Waals surface area contributed by atoms with Crippen molar-refractivity contribution in [3.63, 3.8) is 0 Å².